The normalized spacial score (nSPS) is 9.35. The fourth-order valence-corrected chi connectivity index (χ4v) is 1.32. The average molecular weight is 231 g/mol. The molecular formula is C14H17NO2. The molecule has 3 heteroatoms. The van der Waals surface area contributed by atoms with Crippen LogP contribution in [0.2, 0.25) is 0 Å². The Labute approximate surface area is 102 Å². The fraction of sp³-hybridized carbons (Fsp3) is 0.286. The summed E-state index contributed by atoms with van der Waals surface area (Å²) in [6, 6.07) is 10.0. The van der Waals surface area contributed by atoms with Crippen molar-refractivity contribution in [2.75, 3.05) is 14.2 Å². The van der Waals surface area contributed by atoms with Gasteiger partial charge in [-0.2, -0.15) is 0 Å². The molecule has 0 spiro atoms. The van der Waals surface area contributed by atoms with E-state index in [1.54, 1.807) is 14.0 Å². The molecule has 90 valence electrons. The van der Waals surface area contributed by atoms with Crippen molar-refractivity contribution in [1.82, 2.24) is 5.06 Å². The van der Waals surface area contributed by atoms with Crippen molar-refractivity contribution < 1.29 is 9.63 Å². The third kappa shape index (κ3) is 4.27. The summed E-state index contributed by atoms with van der Waals surface area (Å²) in [6.45, 7) is 1.72. The van der Waals surface area contributed by atoms with Crippen molar-refractivity contribution in [2.45, 2.75) is 13.3 Å². The van der Waals surface area contributed by atoms with Gasteiger partial charge in [-0.25, -0.2) is 5.06 Å². The Morgan fingerprint density at radius 2 is 2.06 bits per heavy atom. The third-order valence-corrected chi connectivity index (χ3v) is 2.38. The summed E-state index contributed by atoms with van der Waals surface area (Å²) >= 11 is 0. The SMILES string of the molecule is CON(C)C(=O)C(C)=C=CCc1ccccc1. The van der Waals surface area contributed by atoms with E-state index in [2.05, 4.69) is 5.73 Å². The van der Waals surface area contributed by atoms with E-state index in [9.17, 15) is 4.79 Å². The van der Waals surface area contributed by atoms with Gasteiger partial charge in [0, 0.05) is 7.05 Å². The van der Waals surface area contributed by atoms with Crippen LogP contribution in [-0.4, -0.2) is 25.1 Å². The zero-order valence-electron chi connectivity index (χ0n) is 10.4. The Hall–Kier alpha value is -1.83. The average Bonchev–Trinajstić information content (AvgIpc) is 2.38. The maximum absolute atomic E-state index is 11.6. The molecule has 1 rings (SSSR count). The lowest BCUT2D eigenvalue weighted by Gasteiger charge is -2.12. The first-order chi connectivity index (χ1) is 8.15. The van der Waals surface area contributed by atoms with Crippen molar-refractivity contribution in [3.05, 3.63) is 53.3 Å². The van der Waals surface area contributed by atoms with Crippen molar-refractivity contribution >= 4 is 5.91 Å². The van der Waals surface area contributed by atoms with E-state index in [4.69, 9.17) is 4.84 Å². The van der Waals surface area contributed by atoms with Crippen LogP contribution >= 0.6 is 0 Å². The number of benzene rings is 1. The van der Waals surface area contributed by atoms with E-state index in [1.807, 2.05) is 36.4 Å². The van der Waals surface area contributed by atoms with Gasteiger partial charge in [-0.05, 0) is 25.0 Å². The number of carbonyl (C=O) groups is 1. The molecule has 0 aromatic heterocycles. The molecule has 1 aromatic carbocycles. The molecule has 0 bridgehead atoms. The molecule has 17 heavy (non-hydrogen) atoms. The van der Waals surface area contributed by atoms with Crippen LogP contribution in [0.1, 0.15) is 12.5 Å². The van der Waals surface area contributed by atoms with E-state index < -0.39 is 0 Å². The lowest BCUT2D eigenvalue weighted by atomic mass is 10.1. The topological polar surface area (TPSA) is 29.5 Å². The van der Waals surface area contributed by atoms with Crippen molar-refractivity contribution in [2.24, 2.45) is 0 Å². The first kappa shape index (κ1) is 13.2. The summed E-state index contributed by atoms with van der Waals surface area (Å²) < 4.78 is 0. The molecular weight excluding hydrogens is 214 g/mol. The minimum Gasteiger partial charge on any atom is -0.274 e. The Morgan fingerprint density at radius 1 is 1.41 bits per heavy atom. The number of hydrogen-bond acceptors (Lipinski definition) is 2. The molecule has 0 saturated heterocycles. The molecule has 0 aliphatic carbocycles. The smallest absolute Gasteiger partial charge is 0.274 e. The molecule has 0 aliphatic rings. The Kier molecular flexibility index (Phi) is 5.21. The molecule has 0 fully saturated rings. The molecule has 0 N–H and O–H groups in total. The highest BCUT2D eigenvalue weighted by atomic mass is 16.7. The minimum absolute atomic E-state index is 0.184. The molecule has 0 heterocycles. The number of hydroxylamine groups is 2. The molecule has 0 unspecified atom stereocenters. The molecule has 0 aliphatic heterocycles. The maximum atomic E-state index is 11.6. The highest BCUT2D eigenvalue weighted by Gasteiger charge is 2.08. The van der Waals surface area contributed by atoms with E-state index in [1.165, 1.54) is 17.7 Å². The Morgan fingerprint density at radius 3 is 2.65 bits per heavy atom. The van der Waals surface area contributed by atoms with Crippen LogP contribution in [0.3, 0.4) is 0 Å². The number of hydrogen-bond donors (Lipinski definition) is 0. The standard InChI is InChI=1S/C14H17NO2/c1-12(14(16)15(2)17-3)8-7-11-13-9-5-4-6-10-13/h4-7,9-10H,11H2,1-3H3. The minimum atomic E-state index is -0.184. The van der Waals surface area contributed by atoms with E-state index in [0.29, 0.717) is 5.57 Å². The number of rotatable bonds is 4. The fourth-order valence-electron chi connectivity index (χ4n) is 1.32. The summed E-state index contributed by atoms with van der Waals surface area (Å²) in [6.07, 6.45) is 2.62. The van der Waals surface area contributed by atoms with Gasteiger partial charge < -0.3 is 0 Å². The van der Waals surface area contributed by atoms with Crippen molar-refractivity contribution in [3.63, 3.8) is 0 Å². The first-order valence-electron chi connectivity index (χ1n) is 5.43. The molecule has 3 nitrogen and oxygen atoms in total. The van der Waals surface area contributed by atoms with Crippen molar-refractivity contribution in [1.29, 1.82) is 0 Å². The van der Waals surface area contributed by atoms with Gasteiger partial charge in [0.1, 0.15) is 0 Å². The zero-order chi connectivity index (χ0) is 12.7. The largest absolute Gasteiger partial charge is 0.280 e. The van der Waals surface area contributed by atoms with Crippen LogP contribution in [0.15, 0.2) is 47.7 Å². The van der Waals surface area contributed by atoms with Crippen LogP contribution in [0.25, 0.3) is 0 Å². The molecule has 1 amide bonds. The number of nitrogens with zero attached hydrogens (tertiary/aromatic N) is 1. The highest BCUT2D eigenvalue weighted by Crippen LogP contribution is 2.01. The summed E-state index contributed by atoms with van der Waals surface area (Å²) in [5.74, 6) is -0.184. The van der Waals surface area contributed by atoms with Crippen LogP contribution < -0.4 is 0 Å². The number of carbonyl (C=O) groups excluding carboxylic acids is 1. The molecule has 0 radical (unpaired) electrons. The van der Waals surface area contributed by atoms with Crippen LogP contribution in [-0.2, 0) is 16.1 Å². The first-order valence-corrected chi connectivity index (χ1v) is 5.43. The number of likely N-dealkylation sites (N-methyl/N-ethyl adjacent to an activating group) is 1. The Balaban J connectivity index is 2.66. The summed E-state index contributed by atoms with van der Waals surface area (Å²) in [5.41, 5.74) is 4.69. The molecule has 1 aromatic rings. The van der Waals surface area contributed by atoms with Crippen molar-refractivity contribution in [3.8, 4) is 0 Å². The van der Waals surface area contributed by atoms with Gasteiger partial charge in [0.25, 0.3) is 5.91 Å². The van der Waals surface area contributed by atoms with Gasteiger partial charge in [-0.15, -0.1) is 5.73 Å². The summed E-state index contributed by atoms with van der Waals surface area (Å²) in [7, 11) is 3.03. The predicted molar refractivity (Wildman–Crippen MR) is 67.2 cm³/mol. The summed E-state index contributed by atoms with van der Waals surface area (Å²) in [4.78, 5) is 16.4. The highest BCUT2D eigenvalue weighted by molar-refractivity contribution is 5.91. The van der Waals surface area contributed by atoms with E-state index >= 15 is 0 Å². The second kappa shape index (κ2) is 6.69. The van der Waals surface area contributed by atoms with Gasteiger partial charge >= 0.3 is 0 Å². The molecule has 0 atom stereocenters. The maximum Gasteiger partial charge on any atom is 0.280 e. The van der Waals surface area contributed by atoms with E-state index in [-0.39, 0.29) is 5.91 Å². The third-order valence-electron chi connectivity index (χ3n) is 2.38. The lowest BCUT2D eigenvalue weighted by molar-refractivity contribution is -0.163. The van der Waals surface area contributed by atoms with Gasteiger partial charge in [0.15, 0.2) is 0 Å². The monoisotopic (exact) mass is 231 g/mol. The quantitative estimate of drug-likeness (QED) is 0.452. The van der Waals surface area contributed by atoms with Crippen LogP contribution in [0.5, 0.6) is 0 Å². The molecule has 0 saturated carbocycles. The van der Waals surface area contributed by atoms with Gasteiger partial charge in [-0.1, -0.05) is 30.3 Å². The predicted octanol–water partition coefficient (Wildman–Crippen LogP) is 2.35. The Bertz CT molecular complexity index is 431. The number of amides is 1. The second-order valence-corrected chi connectivity index (χ2v) is 3.65. The van der Waals surface area contributed by atoms with E-state index in [0.717, 1.165) is 6.42 Å². The van der Waals surface area contributed by atoms with Gasteiger partial charge in [0.05, 0.1) is 12.7 Å². The van der Waals surface area contributed by atoms with Crippen LogP contribution in [0, 0.1) is 0 Å². The van der Waals surface area contributed by atoms with Crippen LogP contribution in [0.4, 0.5) is 0 Å². The van der Waals surface area contributed by atoms with Gasteiger partial charge in [-0.3, -0.25) is 9.63 Å². The zero-order valence-corrected chi connectivity index (χ0v) is 10.4. The van der Waals surface area contributed by atoms with Gasteiger partial charge in [0.2, 0.25) is 0 Å². The second-order valence-electron chi connectivity index (χ2n) is 3.65. The lowest BCUT2D eigenvalue weighted by Crippen LogP contribution is -2.25. The summed E-state index contributed by atoms with van der Waals surface area (Å²) in [5, 5.41) is 1.18.